The molecule has 0 unspecified atom stereocenters. The predicted octanol–water partition coefficient (Wildman–Crippen LogP) is 1.17. The lowest BCUT2D eigenvalue weighted by molar-refractivity contribution is -0.122. The van der Waals surface area contributed by atoms with E-state index in [9.17, 15) is 4.79 Å². The van der Waals surface area contributed by atoms with Gasteiger partial charge in [0.05, 0.1) is 18.8 Å². The monoisotopic (exact) mass is 364 g/mol. The van der Waals surface area contributed by atoms with E-state index in [1.165, 1.54) is 0 Å². The highest BCUT2D eigenvalue weighted by Gasteiger charge is 2.18. The van der Waals surface area contributed by atoms with Crippen LogP contribution in [0, 0.1) is 0 Å². The number of fused-ring (bicyclic) bond motifs is 1. The third-order valence-corrected chi connectivity index (χ3v) is 4.38. The molecule has 1 aliphatic heterocycles. The van der Waals surface area contributed by atoms with Gasteiger partial charge in [-0.3, -0.25) is 9.69 Å². The maximum Gasteiger partial charge on any atom is 0.234 e. The van der Waals surface area contributed by atoms with Crippen molar-refractivity contribution in [2.75, 3.05) is 19.7 Å². The number of para-hydroxylation sites is 2. The van der Waals surface area contributed by atoms with Gasteiger partial charge in [-0.25, -0.2) is 0 Å². The zero-order valence-electron chi connectivity index (χ0n) is 14.8. The van der Waals surface area contributed by atoms with Crippen molar-refractivity contribution < 1.29 is 9.53 Å². The van der Waals surface area contributed by atoms with Crippen LogP contribution in [0.5, 0.6) is 5.75 Å². The Kier molecular flexibility index (Phi) is 5.06. The molecular formula is C19H20N6O2. The number of hydrogen-bond donors (Lipinski definition) is 1. The molecule has 0 radical (unpaired) electrons. The fourth-order valence-electron chi connectivity index (χ4n) is 3.04. The maximum absolute atomic E-state index is 12.4. The van der Waals surface area contributed by atoms with E-state index in [-0.39, 0.29) is 12.5 Å². The van der Waals surface area contributed by atoms with Crippen molar-refractivity contribution in [1.82, 2.24) is 30.4 Å². The lowest BCUT2D eigenvalue weighted by atomic mass is 10.2. The molecule has 0 atom stereocenters. The Morgan fingerprint density at radius 1 is 1.11 bits per heavy atom. The van der Waals surface area contributed by atoms with Gasteiger partial charge in [-0.1, -0.05) is 36.4 Å². The first kappa shape index (κ1) is 17.2. The van der Waals surface area contributed by atoms with E-state index in [1.807, 2.05) is 54.6 Å². The summed E-state index contributed by atoms with van der Waals surface area (Å²) in [4.78, 5) is 14.5. The van der Waals surface area contributed by atoms with Gasteiger partial charge in [0.25, 0.3) is 0 Å². The van der Waals surface area contributed by atoms with Crippen molar-refractivity contribution in [2.45, 2.75) is 13.1 Å². The first-order valence-electron chi connectivity index (χ1n) is 8.82. The molecular weight excluding hydrogens is 344 g/mol. The van der Waals surface area contributed by atoms with E-state index in [1.54, 1.807) is 4.68 Å². The molecule has 2 heterocycles. The first-order chi connectivity index (χ1) is 13.3. The lowest BCUT2D eigenvalue weighted by Crippen LogP contribution is -2.38. The fourth-order valence-corrected chi connectivity index (χ4v) is 3.04. The van der Waals surface area contributed by atoms with Crippen LogP contribution >= 0.6 is 0 Å². The molecule has 27 heavy (non-hydrogen) atoms. The van der Waals surface area contributed by atoms with E-state index >= 15 is 0 Å². The maximum atomic E-state index is 12.4. The van der Waals surface area contributed by atoms with Crippen LogP contribution in [0.25, 0.3) is 5.69 Å². The summed E-state index contributed by atoms with van der Waals surface area (Å²) in [6.45, 7) is 2.51. The average Bonchev–Trinajstić information content (AvgIpc) is 3.07. The molecule has 0 bridgehead atoms. The summed E-state index contributed by atoms with van der Waals surface area (Å²) in [5, 5.41) is 14.6. The van der Waals surface area contributed by atoms with Crippen molar-refractivity contribution in [3.63, 3.8) is 0 Å². The van der Waals surface area contributed by atoms with Crippen LogP contribution < -0.4 is 10.1 Å². The van der Waals surface area contributed by atoms with Gasteiger partial charge >= 0.3 is 0 Å². The van der Waals surface area contributed by atoms with Gasteiger partial charge in [0.15, 0.2) is 5.82 Å². The van der Waals surface area contributed by atoms with Crippen molar-refractivity contribution in [2.24, 2.45) is 0 Å². The molecule has 1 N–H and O–H groups in total. The zero-order chi connectivity index (χ0) is 18.5. The Morgan fingerprint density at radius 2 is 1.93 bits per heavy atom. The summed E-state index contributed by atoms with van der Waals surface area (Å²) in [6, 6.07) is 17.5. The number of tetrazole rings is 1. The van der Waals surface area contributed by atoms with Crippen molar-refractivity contribution in [3.8, 4) is 11.4 Å². The van der Waals surface area contributed by atoms with Gasteiger partial charge in [0.2, 0.25) is 5.91 Å². The smallest absolute Gasteiger partial charge is 0.234 e. The normalized spacial score (nSPS) is 14.1. The van der Waals surface area contributed by atoms with E-state index in [4.69, 9.17) is 4.74 Å². The zero-order valence-corrected chi connectivity index (χ0v) is 14.8. The number of carbonyl (C=O) groups excluding carboxylic acids is 1. The molecule has 0 saturated carbocycles. The summed E-state index contributed by atoms with van der Waals surface area (Å²) >= 11 is 0. The summed E-state index contributed by atoms with van der Waals surface area (Å²) < 4.78 is 7.36. The molecule has 3 aromatic rings. The number of hydrogen-bond acceptors (Lipinski definition) is 6. The molecule has 1 aliphatic rings. The molecule has 138 valence electrons. The Hall–Kier alpha value is -3.26. The molecule has 1 aromatic heterocycles. The Balaban J connectivity index is 1.35. The van der Waals surface area contributed by atoms with Crippen molar-refractivity contribution >= 4 is 5.91 Å². The Labute approximate surface area is 156 Å². The highest BCUT2D eigenvalue weighted by molar-refractivity contribution is 5.77. The molecule has 0 aliphatic carbocycles. The minimum Gasteiger partial charge on any atom is -0.492 e. The van der Waals surface area contributed by atoms with E-state index < -0.39 is 0 Å². The molecule has 0 spiro atoms. The van der Waals surface area contributed by atoms with Gasteiger partial charge in [-0.15, -0.1) is 5.10 Å². The summed E-state index contributed by atoms with van der Waals surface area (Å²) in [7, 11) is 0. The van der Waals surface area contributed by atoms with Gasteiger partial charge in [-0.2, -0.15) is 4.68 Å². The third kappa shape index (κ3) is 4.12. The molecule has 0 fully saturated rings. The topological polar surface area (TPSA) is 85.2 Å². The van der Waals surface area contributed by atoms with E-state index in [2.05, 4.69) is 25.7 Å². The quantitative estimate of drug-likeness (QED) is 0.732. The number of nitrogens with one attached hydrogen (secondary N) is 1. The number of amides is 1. The summed E-state index contributed by atoms with van der Waals surface area (Å²) in [6.07, 6.45) is 0. The van der Waals surface area contributed by atoms with E-state index in [0.717, 1.165) is 17.0 Å². The molecule has 1 amide bonds. The minimum absolute atomic E-state index is 0.0722. The average molecular weight is 364 g/mol. The number of aromatic nitrogens is 4. The number of rotatable bonds is 5. The van der Waals surface area contributed by atoms with Crippen molar-refractivity contribution in [3.05, 3.63) is 66.0 Å². The van der Waals surface area contributed by atoms with Crippen LogP contribution in [0.2, 0.25) is 0 Å². The Morgan fingerprint density at radius 3 is 2.81 bits per heavy atom. The van der Waals surface area contributed by atoms with Crippen LogP contribution in [0.15, 0.2) is 54.6 Å². The third-order valence-electron chi connectivity index (χ3n) is 4.38. The Bertz CT molecular complexity index is 911. The standard InChI is InChI=1S/C19H20N6O2/c26-19(14-24-10-11-27-17-9-5-4-6-15(17)13-24)20-12-18-21-22-23-25(18)16-7-2-1-3-8-16/h1-9H,10-14H2,(H,20,26). The van der Waals surface area contributed by atoms with Gasteiger partial charge < -0.3 is 10.1 Å². The SMILES string of the molecule is O=C(CN1CCOc2ccccc2C1)NCc1nnnn1-c1ccccc1. The van der Waals surface area contributed by atoms with Crippen LogP contribution in [-0.2, 0) is 17.9 Å². The number of nitrogens with zero attached hydrogens (tertiary/aromatic N) is 5. The highest BCUT2D eigenvalue weighted by atomic mass is 16.5. The molecule has 0 saturated heterocycles. The van der Waals surface area contributed by atoms with Gasteiger partial charge in [0.1, 0.15) is 12.4 Å². The van der Waals surface area contributed by atoms with Crippen LogP contribution in [-0.4, -0.2) is 50.7 Å². The largest absolute Gasteiger partial charge is 0.492 e. The van der Waals surface area contributed by atoms with Gasteiger partial charge in [-0.05, 0) is 28.6 Å². The van der Waals surface area contributed by atoms with Crippen molar-refractivity contribution in [1.29, 1.82) is 0 Å². The highest BCUT2D eigenvalue weighted by Crippen LogP contribution is 2.22. The molecule has 2 aromatic carbocycles. The molecule has 8 heteroatoms. The molecule has 4 rings (SSSR count). The summed E-state index contributed by atoms with van der Waals surface area (Å²) in [5.74, 6) is 1.40. The second-order valence-corrected chi connectivity index (χ2v) is 6.29. The van der Waals surface area contributed by atoms with Gasteiger partial charge in [0, 0.05) is 18.7 Å². The predicted molar refractivity (Wildman–Crippen MR) is 98.2 cm³/mol. The minimum atomic E-state index is -0.0722. The lowest BCUT2D eigenvalue weighted by Gasteiger charge is -2.18. The first-order valence-corrected chi connectivity index (χ1v) is 8.82. The number of ether oxygens (including phenoxy) is 1. The number of benzene rings is 2. The summed E-state index contributed by atoms with van der Waals surface area (Å²) in [5.41, 5.74) is 1.95. The second kappa shape index (κ2) is 7.96. The molecule has 8 nitrogen and oxygen atoms in total. The van der Waals surface area contributed by atoms with Crippen LogP contribution in [0.3, 0.4) is 0 Å². The second-order valence-electron chi connectivity index (χ2n) is 6.29. The van der Waals surface area contributed by atoms with E-state index in [0.29, 0.717) is 32.1 Å². The van der Waals surface area contributed by atoms with Crippen LogP contribution in [0.1, 0.15) is 11.4 Å². The number of carbonyl (C=O) groups is 1. The van der Waals surface area contributed by atoms with Crippen LogP contribution in [0.4, 0.5) is 0 Å². The fraction of sp³-hybridized carbons (Fsp3) is 0.263.